The molecule has 0 N–H and O–H groups in total. The summed E-state index contributed by atoms with van der Waals surface area (Å²) >= 11 is 0. The molecule has 2 aromatic carbocycles. The molecule has 0 saturated carbocycles. The smallest absolute Gasteiger partial charge is 0.269 e. The van der Waals surface area contributed by atoms with E-state index in [0.717, 1.165) is 16.4 Å². The number of rotatable bonds is 3. The van der Waals surface area contributed by atoms with Crippen LogP contribution in [0.5, 0.6) is 0 Å². The van der Waals surface area contributed by atoms with Gasteiger partial charge in [-0.25, -0.2) is 8.42 Å². The molecule has 126 valence electrons. The summed E-state index contributed by atoms with van der Waals surface area (Å²) in [6, 6.07) is 10.5. The fraction of sp³-hybridized carbons (Fsp3) is 0.188. The highest BCUT2D eigenvalue weighted by molar-refractivity contribution is 7.92. The molecule has 4 nitrogen and oxygen atoms in total. The molecule has 0 amide bonds. The zero-order chi connectivity index (χ0) is 18.1. The standard InChI is InChI=1S/C16H13F3N2O2S/c1-11-6-7-14(9-15(11)16(17,18)19)24(22,23)21(2)13-5-3-4-12(8-13)10-20/h3-9H,1-2H3. The number of hydrogen-bond acceptors (Lipinski definition) is 3. The minimum atomic E-state index is -4.64. The van der Waals surface area contributed by atoms with Gasteiger partial charge >= 0.3 is 6.18 Å². The maximum Gasteiger partial charge on any atom is 0.416 e. The first kappa shape index (κ1) is 17.8. The number of alkyl halides is 3. The van der Waals surface area contributed by atoms with Gasteiger partial charge in [0.2, 0.25) is 0 Å². The second kappa shape index (κ2) is 6.17. The summed E-state index contributed by atoms with van der Waals surface area (Å²) in [5.41, 5.74) is -0.629. The van der Waals surface area contributed by atoms with Gasteiger partial charge in [0.15, 0.2) is 0 Å². The molecule has 0 aromatic heterocycles. The summed E-state index contributed by atoms with van der Waals surface area (Å²) < 4.78 is 65.0. The van der Waals surface area contributed by atoms with E-state index < -0.39 is 26.7 Å². The van der Waals surface area contributed by atoms with Crippen molar-refractivity contribution < 1.29 is 21.6 Å². The third kappa shape index (κ3) is 3.36. The molecule has 2 rings (SSSR count). The van der Waals surface area contributed by atoms with Crippen LogP contribution in [-0.2, 0) is 16.2 Å². The van der Waals surface area contributed by atoms with E-state index in [2.05, 4.69) is 0 Å². The summed E-state index contributed by atoms with van der Waals surface area (Å²) in [7, 11) is -2.97. The van der Waals surface area contributed by atoms with Crippen LogP contribution in [0.2, 0.25) is 0 Å². The molecule has 0 aliphatic rings. The third-order valence-electron chi connectivity index (χ3n) is 3.51. The number of aryl methyl sites for hydroxylation is 1. The van der Waals surface area contributed by atoms with Crippen LogP contribution < -0.4 is 4.31 Å². The van der Waals surface area contributed by atoms with E-state index in [9.17, 15) is 21.6 Å². The Morgan fingerprint density at radius 2 is 1.79 bits per heavy atom. The molecule has 0 atom stereocenters. The van der Waals surface area contributed by atoms with Gasteiger partial charge in [0.25, 0.3) is 10.0 Å². The number of benzene rings is 2. The predicted octanol–water partition coefficient (Wildman–Crippen LogP) is 3.71. The molecular formula is C16H13F3N2O2S. The fourth-order valence-electron chi connectivity index (χ4n) is 2.14. The van der Waals surface area contributed by atoms with Gasteiger partial charge in [0.1, 0.15) is 0 Å². The van der Waals surface area contributed by atoms with E-state index in [1.807, 2.05) is 6.07 Å². The lowest BCUT2D eigenvalue weighted by atomic mass is 10.1. The third-order valence-corrected chi connectivity index (χ3v) is 5.29. The molecule has 8 heteroatoms. The number of nitriles is 1. The van der Waals surface area contributed by atoms with Crippen LogP contribution in [0.3, 0.4) is 0 Å². The molecule has 0 aliphatic carbocycles. The summed E-state index contributed by atoms with van der Waals surface area (Å²) in [6.07, 6.45) is -4.64. The highest BCUT2D eigenvalue weighted by Gasteiger charge is 2.34. The minimum absolute atomic E-state index is 0.0596. The van der Waals surface area contributed by atoms with Crippen LogP contribution in [0.25, 0.3) is 0 Å². The van der Waals surface area contributed by atoms with Gasteiger partial charge in [-0.3, -0.25) is 4.31 Å². The molecule has 24 heavy (non-hydrogen) atoms. The topological polar surface area (TPSA) is 61.2 Å². The predicted molar refractivity (Wildman–Crippen MR) is 82.9 cm³/mol. The SMILES string of the molecule is Cc1ccc(S(=O)(=O)N(C)c2cccc(C#N)c2)cc1C(F)(F)F. The maximum absolute atomic E-state index is 13.0. The van der Waals surface area contributed by atoms with E-state index in [1.54, 1.807) is 0 Å². The largest absolute Gasteiger partial charge is 0.416 e. The molecule has 0 radical (unpaired) electrons. The van der Waals surface area contributed by atoms with Crippen molar-refractivity contribution in [3.8, 4) is 6.07 Å². The summed E-state index contributed by atoms with van der Waals surface area (Å²) in [4.78, 5) is -0.467. The average molecular weight is 354 g/mol. The number of sulfonamides is 1. The van der Waals surface area contributed by atoms with Crippen LogP contribution in [0.15, 0.2) is 47.4 Å². The van der Waals surface area contributed by atoms with Gasteiger partial charge < -0.3 is 0 Å². The Morgan fingerprint density at radius 1 is 1.12 bits per heavy atom. The van der Waals surface area contributed by atoms with Crippen molar-refractivity contribution in [2.24, 2.45) is 0 Å². The van der Waals surface area contributed by atoms with Crippen molar-refractivity contribution in [3.05, 3.63) is 59.2 Å². The second-order valence-corrected chi connectivity index (χ2v) is 7.08. The van der Waals surface area contributed by atoms with Crippen molar-refractivity contribution in [1.82, 2.24) is 0 Å². The van der Waals surface area contributed by atoms with Crippen molar-refractivity contribution in [3.63, 3.8) is 0 Å². The van der Waals surface area contributed by atoms with E-state index in [0.29, 0.717) is 6.07 Å². The lowest BCUT2D eigenvalue weighted by molar-refractivity contribution is -0.138. The van der Waals surface area contributed by atoms with E-state index in [1.165, 1.54) is 38.2 Å². The van der Waals surface area contributed by atoms with E-state index >= 15 is 0 Å². The lowest BCUT2D eigenvalue weighted by Gasteiger charge is -2.21. The van der Waals surface area contributed by atoms with Crippen molar-refractivity contribution in [2.75, 3.05) is 11.4 Å². The number of nitrogens with zero attached hydrogens (tertiary/aromatic N) is 2. The Labute approximate surface area is 137 Å². The molecule has 0 spiro atoms. The number of anilines is 1. The quantitative estimate of drug-likeness (QED) is 0.844. The minimum Gasteiger partial charge on any atom is -0.269 e. The Kier molecular flexibility index (Phi) is 4.58. The van der Waals surface area contributed by atoms with Gasteiger partial charge in [-0.15, -0.1) is 0 Å². The molecule has 0 unspecified atom stereocenters. The van der Waals surface area contributed by atoms with Gasteiger partial charge in [-0.05, 0) is 42.8 Å². The van der Waals surface area contributed by atoms with Crippen LogP contribution in [0, 0.1) is 18.3 Å². The monoisotopic (exact) mass is 354 g/mol. The zero-order valence-corrected chi connectivity index (χ0v) is 13.6. The maximum atomic E-state index is 13.0. The lowest BCUT2D eigenvalue weighted by Crippen LogP contribution is -2.27. The first-order chi connectivity index (χ1) is 11.1. The Balaban J connectivity index is 2.53. The first-order valence-electron chi connectivity index (χ1n) is 6.74. The normalized spacial score (nSPS) is 11.8. The molecule has 0 bridgehead atoms. The Morgan fingerprint density at radius 3 is 2.38 bits per heavy atom. The van der Waals surface area contributed by atoms with Gasteiger partial charge in [-0.2, -0.15) is 18.4 Å². The number of hydrogen-bond donors (Lipinski definition) is 0. The molecule has 0 aliphatic heterocycles. The van der Waals surface area contributed by atoms with Crippen molar-refractivity contribution >= 4 is 15.7 Å². The highest BCUT2D eigenvalue weighted by Crippen LogP contribution is 2.34. The van der Waals surface area contributed by atoms with Gasteiger partial charge in [0, 0.05) is 7.05 Å². The zero-order valence-electron chi connectivity index (χ0n) is 12.8. The molecule has 0 heterocycles. The highest BCUT2D eigenvalue weighted by atomic mass is 32.2. The van der Waals surface area contributed by atoms with E-state index in [4.69, 9.17) is 5.26 Å². The van der Waals surface area contributed by atoms with Crippen LogP contribution in [-0.4, -0.2) is 15.5 Å². The van der Waals surface area contributed by atoms with Crippen LogP contribution >= 0.6 is 0 Å². The Hall–Kier alpha value is -2.53. The number of halogens is 3. The van der Waals surface area contributed by atoms with Crippen molar-refractivity contribution in [1.29, 1.82) is 5.26 Å². The van der Waals surface area contributed by atoms with Gasteiger partial charge in [-0.1, -0.05) is 12.1 Å². The second-order valence-electron chi connectivity index (χ2n) is 5.11. The van der Waals surface area contributed by atoms with Crippen LogP contribution in [0.4, 0.5) is 18.9 Å². The van der Waals surface area contributed by atoms with Crippen LogP contribution in [0.1, 0.15) is 16.7 Å². The molecule has 2 aromatic rings. The van der Waals surface area contributed by atoms with Crippen molar-refractivity contribution in [2.45, 2.75) is 18.0 Å². The summed E-state index contributed by atoms with van der Waals surface area (Å²) in [6.45, 7) is 1.26. The molecular weight excluding hydrogens is 341 g/mol. The first-order valence-corrected chi connectivity index (χ1v) is 8.18. The molecule has 0 saturated heterocycles. The average Bonchev–Trinajstić information content (AvgIpc) is 2.53. The Bertz CT molecular complexity index is 916. The summed E-state index contributed by atoms with van der Waals surface area (Å²) in [5, 5.41) is 8.88. The summed E-state index contributed by atoms with van der Waals surface area (Å²) in [5.74, 6) is 0. The van der Waals surface area contributed by atoms with Gasteiger partial charge in [0.05, 0.1) is 27.8 Å². The fourth-order valence-corrected chi connectivity index (χ4v) is 3.35. The van der Waals surface area contributed by atoms with E-state index in [-0.39, 0.29) is 16.8 Å². The molecule has 0 fully saturated rings.